The maximum Gasteiger partial charge on any atom is 0.293 e. The molecule has 0 aliphatic carbocycles. The Labute approximate surface area is 84.5 Å². The zero-order chi connectivity index (χ0) is 10.8. The van der Waals surface area contributed by atoms with Gasteiger partial charge in [0.05, 0.1) is 0 Å². The first-order valence-corrected chi connectivity index (χ1v) is 4.27. The Bertz CT molecular complexity index is 539. The number of ketones is 1. The monoisotopic (exact) mass is 204 g/mol. The molecule has 1 aromatic carbocycles. The van der Waals surface area contributed by atoms with Crippen LogP contribution in [-0.4, -0.2) is 10.9 Å². The topological polar surface area (TPSA) is 89.1 Å². The van der Waals surface area contributed by atoms with Gasteiger partial charge >= 0.3 is 0 Å². The molecule has 0 saturated heterocycles. The standard InChI is InChI=1S/C10H8N2O3/c11-9-7(10(14)12-15-9)8(13)6-4-2-1-3-5-6/h1-5H,11H2,(H,12,14). The SMILES string of the molecule is Nc1o[nH]c(=O)c1C(=O)c1ccccc1. The van der Waals surface area contributed by atoms with Crippen LogP contribution in [0.3, 0.4) is 0 Å². The van der Waals surface area contributed by atoms with Crippen LogP contribution >= 0.6 is 0 Å². The van der Waals surface area contributed by atoms with Gasteiger partial charge in [-0.15, -0.1) is 0 Å². The molecule has 0 spiro atoms. The predicted octanol–water partition coefficient (Wildman–Crippen LogP) is 0.781. The maximum absolute atomic E-state index is 11.8. The van der Waals surface area contributed by atoms with E-state index in [0.717, 1.165) is 0 Å². The number of nitrogens with one attached hydrogen (secondary N) is 1. The van der Waals surface area contributed by atoms with Crippen LogP contribution in [0.15, 0.2) is 39.6 Å². The van der Waals surface area contributed by atoms with Crippen molar-refractivity contribution >= 4 is 11.7 Å². The molecule has 0 radical (unpaired) electrons. The van der Waals surface area contributed by atoms with Crippen LogP contribution < -0.4 is 11.3 Å². The van der Waals surface area contributed by atoms with Gasteiger partial charge in [-0.1, -0.05) is 30.3 Å². The van der Waals surface area contributed by atoms with Crippen molar-refractivity contribution in [2.45, 2.75) is 0 Å². The smallest absolute Gasteiger partial charge is 0.293 e. The highest BCUT2D eigenvalue weighted by Crippen LogP contribution is 2.11. The van der Waals surface area contributed by atoms with Crippen molar-refractivity contribution in [3.8, 4) is 0 Å². The number of hydrogen-bond acceptors (Lipinski definition) is 4. The second kappa shape index (κ2) is 3.45. The second-order valence-corrected chi connectivity index (χ2v) is 2.97. The minimum absolute atomic E-state index is 0.152. The molecular weight excluding hydrogens is 196 g/mol. The van der Waals surface area contributed by atoms with E-state index < -0.39 is 11.3 Å². The number of anilines is 1. The molecule has 0 bridgehead atoms. The van der Waals surface area contributed by atoms with E-state index in [0.29, 0.717) is 5.56 Å². The summed E-state index contributed by atoms with van der Waals surface area (Å²) >= 11 is 0. The number of benzene rings is 1. The van der Waals surface area contributed by atoms with E-state index >= 15 is 0 Å². The molecule has 0 atom stereocenters. The zero-order valence-electron chi connectivity index (χ0n) is 7.69. The number of carbonyl (C=O) groups is 1. The van der Waals surface area contributed by atoms with Gasteiger partial charge in [0.2, 0.25) is 11.7 Å². The van der Waals surface area contributed by atoms with E-state index in [-0.39, 0.29) is 11.4 Å². The lowest BCUT2D eigenvalue weighted by Crippen LogP contribution is -2.14. The van der Waals surface area contributed by atoms with Crippen molar-refractivity contribution in [3.63, 3.8) is 0 Å². The molecule has 2 rings (SSSR count). The minimum atomic E-state index is -0.610. The molecule has 1 heterocycles. The molecule has 0 unspecified atom stereocenters. The Morgan fingerprint density at radius 2 is 1.93 bits per heavy atom. The number of aromatic nitrogens is 1. The van der Waals surface area contributed by atoms with Crippen molar-refractivity contribution in [2.75, 3.05) is 5.73 Å². The van der Waals surface area contributed by atoms with E-state index in [9.17, 15) is 9.59 Å². The average molecular weight is 204 g/mol. The Hall–Kier alpha value is -2.30. The Kier molecular flexibility index (Phi) is 2.13. The van der Waals surface area contributed by atoms with Gasteiger partial charge in [-0.2, -0.15) is 5.16 Å². The lowest BCUT2D eigenvalue weighted by molar-refractivity contribution is 0.103. The summed E-state index contributed by atoms with van der Waals surface area (Å²) in [6, 6.07) is 8.40. The number of carbonyl (C=O) groups excluding carboxylic acids is 1. The third kappa shape index (κ3) is 1.54. The molecule has 0 fully saturated rings. The van der Waals surface area contributed by atoms with E-state index in [1.165, 1.54) is 0 Å². The van der Waals surface area contributed by atoms with Crippen LogP contribution in [0.5, 0.6) is 0 Å². The molecule has 15 heavy (non-hydrogen) atoms. The van der Waals surface area contributed by atoms with Crippen LogP contribution in [0.1, 0.15) is 15.9 Å². The van der Waals surface area contributed by atoms with Crippen molar-refractivity contribution in [3.05, 3.63) is 51.8 Å². The summed E-state index contributed by atoms with van der Waals surface area (Å²) in [5.41, 5.74) is 5.00. The van der Waals surface area contributed by atoms with Gasteiger partial charge in [0.1, 0.15) is 0 Å². The molecule has 0 aliphatic heterocycles. The van der Waals surface area contributed by atoms with E-state index in [2.05, 4.69) is 4.52 Å². The Morgan fingerprint density at radius 1 is 1.27 bits per heavy atom. The van der Waals surface area contributed by atoms with Gasteiger partial charge in [0.25, 0.3) is 5.56 Å². The summed E-state index contributed by atoms with van der Waals surface area (Å²) in [4.78, 5) is 23.0. The molecule has 0 aliphatic rings. The summed E-state index contributed by atoms with van der Waals surface area (Å²) in [7, 11) is 0. The average Bonchev–Trinajstić information content (AvgIpc) is 2.59. The van der Waals surface area contributed by atoms with Crippen molar-refractivity contribution in [1.82, 2.24) is 5.16 Å². The number of aromatic amines is 1. The number of H-pyrrole nitrogens is 1. The molecule has 5 heteroatoms. The fourth-order valence-corrected chi connectivity index (χ4v) is 1.26. The number of nitrogens with two attached hydrogens (primary N) is 1. The normalized spacial score (nSPS) is 10.1. The highest BCUT2D eigenvalue weighted by molar-refractivity contribution is 6.11. The lowest BCUT2D eigenvalue weighted by atomic mass is 10.1. The molecule has 5 nitrogen and oxygen atoms in total. The summed E-state index contributed by atoms with van der Waals surface area (Å²) in [6.45, 7) is 0. The molecule has 2 aromatic rings. The fraction of sp³-hybridized carbons (Fsp3) is 0. The van der Waals surface area contributed by atoms with Crippen LogP contribution in [0, 0.1) is 0 Å². The van der Waals surface area contributed by atoms with Crippen LogP contribution in [0.25, 0.3) is 0 Å². The Balaban J connectivity index is 2.51. The summed E-state index contributed by atoms with van der Waals surface area (Å²) in [6.07, 6.45) is 0. The maximum atomic E-state index is 11.8. The number of hydrogen-bond donors (Lipinski definition) is 2. The summed E-state index contributed by atoms with van der Waals surface area (Å²) in [5, 5.41) is 2.01. The first-order chi connectivity index (χ1) is 7.20. The molecule has 76 valence electrons. The van der Waals surface area contributed by atoms with Gasteiger partial charge in [-0.05, 0) is 0 Å². The summed E-state index contributed by atoms with van der Waals surface area (Å²) in [5.74, 6) is -0.628. The van der Waals surface area contributed by atoms with Crippen molar-refractivity contribution < 1.29 is 9.32 Å². The second-order valence-electron chi connectivity index (χ2n) is 2.97. The first-order valence-electron chi connectivity index (χ1n) is 4.27. The van der Waals surface area contributed by atoms with Gasteiger partial charge < -0.3 is 10.3 Å². The van der Waals surface area contributed by atoms with Gasteiger partial charge in [0, 0.05) is 5.56 Å². The largest absolute Gasteiger partial charge is 0.367 e. The summed E-state index contributed by atoms with van der Waals surface area (Å²) < 4.78 is 4.56. The van der Waals surface area contributed by atoms with E-state index in [1.54, 1.807) is 30.3 Å². The van der Waals surface area contributed by atoms with E-state index in [4.69, 9.17) is 5.73 Å². The molecule has 3 N–H and O–H groups in total. The van der Waals surface area contributed by atoms with Crippen LogP contribution in [0.4, 0.5) is 5.88 Å². The highest BCUT2D eigenvalue weighted by atomic mass is 16.5. The quantitative estimate of drug-likeness (QED) is 0.707. The molecule has 0 amide bonds. The third-order valence-electron chi connectivity index (χ3n) is 1.99. The third-order valence-corrected chi connectivity index (χ3v) is 1.99. The van der Waals surface area contributed by atoms with Crippen molar-refractivity contribution in [1.29, 1.82) is 0 Å². The van der Waals surface area contributed by atoms with Crippen LogP contribution in [-0.2, 0) is 0 Å². The minimum Gasteiger partial charge on any atom is -0.367 e. The number of rotatable bonds is 2. The van der Waals surface area contributed by atoms with Crippen LogP contribution in [0.2, 0.25) is 0 Å². The van der Waals surface area contributed by atoms with E-state index in [1.807, 2.05) is 5.16 Å². The zero-order valence-corrected chi connectivity index (χ0v) is 7.69. The Morgan fingerprint density at radius 3 is 2.47 bits per heavy atom. The fourth-order valence-electron chi connectivity index (χ4n) is 1.26. The van der Waals surface area contributed by atoms with Gasteiger partial charge in [-0.25, -0.2) is 0 Å². The van der Waals surface area contributed by atoms with Gasteiger partial charge in [-0.3, -0.25) is 9.59 Å². The highest BCUT2D eigenvalue weighted by Gasteiger charge is 2.19. The first kappa shape index (κ1) is 9.26. The molecule has 1 aromatic heterocycles. The van der Waals surface area contributed by atoms with Gasteiger partial charge in [0.15, 0.2) is 5.56 Å². The lowest BCUT2D eigenvalue weighted by Gasteiger charge is -1.95. The predicted molar refractivity (Wildman–Crippen MR) is 53.6 cm³/mol. The van der Waals surface area contributed by atoms with Crippen molar-refractivity contribution in [2.24, 2.45) is 0 Å². The molecule has 0 saturated carbocycles. The number of nitrogen functional groups attached to an aromatic ring is 1. The molecular formula is C10H8N2O3.